The van der Waals surface area contributed by atoms with Gasteiger partial charge in [0.1, 0.15) is 5.60 Å². The number of hydrogen-bond acceptors (Lipinski definition) is 4. The first-order chi connectivity index (χ1) is 7.90. The summed E-state index contributed by atoms with van der Waals surface area (Å²) in [6, 6.07) is 0. The van der Waals surface area contributed by atoms with Crippen LogP contribution in [-0.2, 0) is 9.47 Å². The van der Waals surface area contributed by atoms with Crippen LogP contribution in [0.3, 0.4) is 0 Å². The molecule has 0 aromatic heterocycles. The summed E-state index contributed by atoms with van der Waals surface area (Å²) in [5.74, 6) is 0. The van der Waals surface area contributed by atoms with Crippen LogP contribution in [0.2, 0.25) is 0 Å². The predicted octanol–water partition coefficient (Wildman–Crippen LogP) is 2.42. The third-order valence-corrected chi connectivity index (χ3v) is 3.57. The number of ether oxygens (including phenoxy) is 2. The molecule has 1 rings (SSSR count). The number of rotatable bonds is 3. The quantitative estimate of drug-likeness (QED) is 0.847. The van der Waals surface area contributed by atoms with Crippen molar-refractivity contribution in [1.82, 2.24) is 5.32 Å². The first kappa shape index (κ1) is 14.6. The Morgan fingerprint density at radius 2 is 2.18 bits per heavy atom. The summed E-state index contributed by atoms with van der Waals surface area (Å²) in [5, 5.41) is 3.35. The molecule has 1 unspecified atom stereocenters. The lowest BCUT2D eigenvalue weighted by atomic mass is 10.1. The highest BCUT2D eigenvalue weighted by Gasteiger charge is 2.22. The van der Waals surface area contributed by atoms with E-state index in [4.69, 9.17) is 9.47 Å². The van der Waals surface area contributed by atoms with Crippen LogP contribution in [0, 0.1) is 0 Å². The summed E-state index contributed by atoms with van der Waals surface area (Å²) in [4.78, 5) is 11.4. The van der Waals surface area contributed by atoms with Crippen molar-refractivity contribution in [3.8, 4) is 0 Å². The molecule has 0 radical (unpaired) electrons. The lowest BCUT2D eigenvalue weighted by molar-refractivity contribution is 0.0139. The summed E-state index contributed by atoms with van der Waals surface area (Å²) in [5.41, 5.74) is -0.443. The van der Waals surface area contributed by atoms with Gasteiger partial charge in [-0.3, -0.25) is 0 Å². The maximum Gasteiger partial charge on any atom is 0.407 e. The molecular weight excluding hydrogens is 238 g/mol. The lowest BCUT2D eigenvalue weighted by Crippen LogP contribution is -2.40. The summed E-state index contributed by atoms with van der Waals surface area (Å²) in [6.07, 6.45) is 4.02. The van der Waals surface area contributed by atoms with E-state index < -0.39 is 5.60 Å². The van der Waals surface area contributed by atoms with Crippen LogP contribution < -0.4 is 5.32 Å². The molecule has 5 heteroatoms. The van der Waals surface area contributed by atoms with Crippen molar-refractivity contribution in [2.45, 2.75) is 50.6 Å². The second kappa shape index (κ2) is 6.50. The normalized spacial score (nSPS) is 25.4. The third-order valence-electron chi connectivity index (χ3n) is 2.53. The Kier molecular flexibility index (Phi) is 5.59. The SMILES string of the molecule is CS[C@@H]1CCC(CNC(=O)OC(C)(C)C)OC1. The van der Waals surface area contributed by atoms with Gasteiger partial charge in [-0.2, -0.15) is 11.8 Å². The van der Waals surface area contributed by atoms with Crippen LogP contribution in [-0.4, -0.2) is 42.5 Å². The van der Waals surface area contributed by atoms with Gasteiger partial charge < -0.3 is 14.8 Å². The van der Waals surface area contributed by atoms with Crippen molar-refractivity contribution in [3.05, 3.63) is 0 Å². The Labute approximate surface area is 108 Å². The second-order valence-electron chi connectivity index (χ2n) is 5.27. The maximum absolute atomic E-state index is 11.4. The third kappa shape index (κ3) is 6.17. The van der Waals surface area contributed by atoms with E-state index in [1.807, 2.05) is 32.5 Å². The number of thioether (sulfide) groups is 1. The van der Waals surface area contributed by atoms with Gasteiger partial charge in [0, 0.05) is 11.8 Å². The zero-order valence-corrected chi connectivity index (χ0v) is 11.9. The molecule has 0 bridgehead atoms. The molecule has 100 valence electrons. The van der Waals surface area contributed by atoms with Gasteiger partial charge in [-0.25, -0.2) is 4.79 Å². The molecule has 0 aromatic carbocycles. The number of nitrogens with one attached hydrogen (secondary N) is 1. The number of carbonyl (C=O) groups is 1. The largest absolute Gasteiger partial charge is 0.444 e. The van der Waals surface area contributed by atoms with Gasteiger partial charge in [0.25, 0.3) is 0 Å². The highest BCUT2D eigenvalue weighted by atomic mass is 32.2. The molecule has 17 heavy (non-hydrogen) atoms. The van der Waals surface area contributed by atoms with E-state index in [0.717, 1.165) is 19.4 Å². The van der Waals surface area contributed by atoms with E-state index in [-0.39, 0.29) is 12.2 Å². The van der Waals surface area contributed by atoms with Gasteiger partial charge in [0.15, 0.2) is 0 Å². The Bertz CT molecular complexity index is 245. The molecule has 1 aliphatic rings. The zero-order chi connectivity index (χ0) is 12.9. The first-order valence-electron chi connectivity index (χ1n) is 6.02. The molecule has 1 saturated heterocycles. The summed E-state index contributed by atoms with van der Waals surface area (Å²) < 4.78 is 10.8. The smallest absolute Gasteiger partial charge is 0.407 e. The molecule has 0 aliphatic carbocycles. The fraction of sp³-hybridized carbons (Fsp3) is 0.917. The molecular formula is C12H23NO3S. The lowest BCUT2D eigenvalue weighted by Gasteiger charge is -2.28. The van der Waals surface area contributed by atoms with E-state index in [9.17, 15) is 4.79 Å². The number of hydrogen-bond donors (Lipinski definition) is 1. The molecule has 0 spiro atoms. The van der Waals surface area contributed by atoms with Gasteiger partial charge in [-0.1, -0.05) is 0 Å². The predicted molar refractivity (Wildman–Crippen MR) is 70.5 cm³/mol. The van der Waals surface area contributed by atoms with E-state index in [1.54, 1.807) is 0 Å². The molecule has 0 aromatic rings. The van der Waals surface area contributed by atoms with Crippen molar-refractivity contribution in [1.29, 1.82) is 0 Å². The minimum absolute atomic E-state index is 0.130. The second-order valence-corrected chi connectivity index (χ2v) is 6.41. The monoisotopic (exact) mass is 261 g/mol. The Hall–Kier alpha value is -0.420. The van der Waals surface area contributed by atoms with Crippen LogP contribution >= 0.6 is 11.8 Å². The Morgan fingerprint density at radius 3 is 2.65 bits per heavy atom. The average Bonchev–Trinajstić information content (AvgIpc) is 2.25. The summed E-state index contributed by atoms with van der Waals surface area (Å²) in [6.45, 7) is 6.88. The topological polar surface area (TPSA) is 47.6 Å². The number of amides is 1. The van der Waals surface area contributed by atoms with Crippen molar-refractivity contribution < 1.29 is 14.3 Å². The molecule has 1 amide bonds. The van der Waals surface area contributed by atoms with Gasteiger partial charge >= 0.3 is 6.09 Å². The van der Waals surface area contributed by atoms with Crippen LogP contribution in [0.5, 0.6) is 0 Å². The molecule has 1 heterocycles. The van der Waals surface area contributed by atoms with Crippen molar-refractivity contribution in [3.63, 3.8) is 0 Å². The van der Waals surface area contributed by atoms with Crippen LogP contribution in [0.4, 0.5) is 4.79 Å². The average molecular weight is 261 g/mol. The van der Waals surface area contributed by atoms with E-state index in [1.165, 1.54) is 0 Å². The van der Waals surface area contributed by atoms with E-state index in [0.29, 0.717) is 11.8 Å². The van der Waals surface area contributed by atoms with Gasteiger partial charge in [0.2, 0.25) is 0 Å². The van der Waals surface area contributed by atoms with Crippen molar-refractivity contribution in [2.24, 2.45) is 0 Å². The minimum atomic E-state index is -0.443. The van der Waals surface area contributed by atoms with Crippen molar-refractivity contribution in [2.75, 3.05) is 19.4 Å². The maximum atomic E-state index is 11.4. The minimum Gasteiger partial charge on any atom is -0.444 e. The molecule has 1 fully saturated rings. The molecule has 1 N–H and O–H groups in total. The fourth-order valence-corrected chi connectivity index (χ4v) is 2.23. The summed E-state index contributed by atoms with van der Waals surface area (Å²) in [7, 11) is 0. The zero-order valence-electron chi connectivity index (χ0n) is 11.1. The van der Waals surface area contributed by atoms with E-state index >= 15 is 0 Å². The van der Waals surface area contributed by atoms with Gasteiger partial charge in [-0.05, 0) is 39.9 Å². The molecule has 0 saturated carbocycles. The van der Waals surface area contributed by atoms with Gasteiger partial charge in [-0.15, -0.1) is 0 Å². The Morgan fingerprint density at radius 1 is 1.47 bits per heavy atom. The molecule has 1 aliphatic heterocycles. The van der Waals surface area contributed by atoms with Crippen molar-refractivity contribution >= 4 is 17.9 Å². The summed E-state index contributed by atoms with van der Waals surface area (Å²) >= 11 is 1.84. The fourth-order valence-electron chi connectivity index (χ4n) is 1.64. The highest BCUT2D eigenvalue weighted by Crippen LogP contribution is 2.21. The van der Waals surface area contributed by atoms with Crippen LogP contribution in [0.15, 0.2) is 0 Å². The molecule has 2 atom stereocenters. The van der Waals surface area contributed by atoms with Crippen LogP contribution in [0.25, 0.3) is 0 Å². The first-order valence-corrected chi connectivity index (χ1v) is 7.31. The Balaban J connectivity index is 2.17. The molecule has 4 nitrogen and oxygen atoms in total. The standard InChI is InChI=1S/C12H23NO3S/c1-12(2,3)16-11(14)13-7-9-5-6-10(17-4)8-15-9/h9-10H,5-8H2,1-4H3,(H,13,14)/t9?,10-/m1/s1. The highest BCUT2D eigenvalue weighted by molar-refractivity contribution is 7.99. The van der Waals surface area contributed by atoms with Crippen LogP contribution in [0.1, 0.15) is 33.6 Å². The van der Waals surface area contributed by atoms with E-state index in [2.05, 4.69) is 11.6 Å². The number of carbonyl (C=O) groups excluding carboxylic acids is 1. The van der Waals surface area contributed by atoms with Gasteiger partial charge in [0.05, 0.1) is 12.7 Å². The number of alkyl carbamates (subject to hydrolysis) is 1.